The van der Waals surface area contributed by atoms with Gasteiger partial charge in [0.25, 0.3) is 0 Å². The van der Waals surface area contributed by atoms with Crippen LogP contribution in [0.5, 0.6) is 0 Å². The minimum atomic E-state index is -0.974. The first-order valence-corrected chi connectivity index (χ1v) is 15.2. The lowest BCUT2D eigenvalue weighted by Gasteiger charge is -2.03. The molecule has 0 amide bonds. The Balaban J connectivity index is 1.24. The standard InChI is InChI=1S/C39H30N6/c1-3-44-36-11-7-5-9-30(36)32-21-26(15-19-38(32)44)13-17-28-23-29(43-35(25-41)34(24-40)42-28)18-14-27-16-20-39-33(22-27)31-10-6-8-12-37(31)45(39)4-2/h5-23,34H,3-4H2,1-2H3. The van der Waals surface area contributed by atoms with Gasteiger partial charge in [-0.25, -0.2) is 4.99 Å². The first kappa shape index (κ1) is 27.8. The van der Waals surface area contributed by atoms with Gasteiger partial charge in [0.2, 0.25) is 0 Å². The van der Waals surface area contributed by atoms with Crippen LogP contribution in [0.25, 0.3) is 55.8 Å². The molecule has 4 aromatic carbocycles. The van der Waals surface area contributed by atoms with Crippen LogP contribution in [0.15, 0.2) is 119 Å². The Hall–Kier alpha value is -5.98. The molecule has 1 atom stereocenters. The topological polar surface area (TPSA) is 82.2 Å². The number of fused-ring (bicyclic) bond motifs is 6. The molecule has 0 N–H and O–H groups in total. The number of hydrogen-bond acceptors (Lipinski definition) is 4. The van der Waals surface area contributed by atoms with Gasteiger partial charge in [-0.15, -0.1) is 0 Å². The van der Waals surface area contributed by atoms with Crippen molar-refractivity contribution in [3.63, 3.8) is 0 Å². The Labute approximate surface area is 261 Å². The summed E-state index contributed by atoms with van der Waals surface area (Å²) in [5.41, 5.74) is 8.09. The SMILES string of the molecule is CCn1c2ccccc2c2cc(C=CC3=CC(C=Cc4ccc5c(c4)c4ccccc4n5CC)=NC(C#N)C(C#N)=N3)ccc21. The van der Waals surface area contributed by atoms with Crippen molar-refractivity contribution in [3.05, 3.63) is 120 Å². The third-order valence-electron chi connectivity index (χ3n) is 8.44. The molecule has 7 rings (SSSR count). The first-order chi connectivity index (χ1) is 22.1. The van der Waals surface area contributed by atoms with Crippen LogP contribution in [0.1, 0.15) is 25.0 Å². The van der Waals surface area contributed by atoms with Crippen molar-refractivity contribution in [2.24, 2.45) is 9.98 Å². The highest BCUT2D eigenvalue weighted by Crippen LogP contribution is 2.31. The largest absolute Gasteiger partial charge is 0.341 e. The summed E-state index contributed by atoms with van der Waals surface area (Å²) in [4.78, 5) is 9.12. The number of nitrogens with zero attached hydrogens (tertiary/aromatic N) is 6. The predicted octanol–water partition coefficient (Wildman–Crippen LogP) is 8.86. The van der Waals surface area contributed by atoms with Crippen LogP contribution >= 0.6 is 0 Å². The molecule has 3 heterocycles. The fraction of sp³-hybridized carbons (Fsp3) is 0.128. The van der Waals surface area contributed by atoms with E-state index in [9.17, 15) is 10.5 Å². The summed E-state index contributed by atoms with van der Waals surface area (Å²) in [6.07, 6.45) is 9.58. The van der Waals surface area contributed by atoms with Gasteiger partial charge >= 0.3 is 0 Å². The van der Waals surface area contributed by atoms with Crippen molar-refractivity contribution < 1.29 is 0 Å². The predicted molar refractivity (Wildman–Crippen MR) is 186 cm³/mol. The smallest absolute Gasteiger partial charge is 0.189 e. The number of nitriles is 2. The fourth-order valence-corrected chi connectivity index (χ4v) is 6.38. The van der Waals surface area contributed by atoms with Crippen molar-refractivity contribution in [2.75, 3.05) is 0 Å². The van der Waals surface area contributed by atoms with Crippen molar-refractivity contribution in [3.8, 4) is 12.1 Å². The highest BCUT2D eigenvalue weighted by Gasteiger charge is 2.18. The summed E-state index contributed by atoms with van der Waals surface area (Å²) in [5.74, 6) is 0. The molecule has 0 spiro atoms. The molecule has 1 aliphatic rings. The molecule has 2 aromatic heterocycles. The molecule has 6 heteroatoms. The lowest BCUT2D eigenvalue weighted by atomic mass is 10.1. The molecular formula is C39H30N6. The first-order valence-electron chi connectivity index (χ1n) is 15.2. The van der Waals surface area contributed by atoms with E-state index in [-0.39, 0.29) is 5.71 Å². The Morgan fingerprint density at radius 3 is 1.73 bits per heavy atom. The van der Waals surface area contributed by atoms with Gasteiger partial charge in [0, 0.05) is 56.7 Å². The molecular weight excluding hydrogens is 552 g/mol. The molecule has 1 unspecified atom stereocenters. The number of aliphatic imine (C=N–C) groups is 2. The molecule has 216 valence electrons. The number of benzene rings is 4. The van der Waals surface area contributed by atoms with Crippen molar-refractivity contribution in [1.82, 2.24) is 9.13 Å². The monoisotopic (exact) mass is 582 g/mol. The van der Waals surface area contributed by atoms with E-state index in [1.54, 1.807) is 0 Å². The summed E-state index contributed by atoms with van der Waals surface area (Å²) in [5, 5.41) is 24.4. The zero-order valence-corrected chi connectivity index (χ0v) is 25.1. The van der Waals surface area contributed by atoms with Gasteiger partial charge in [-0.1, -0.05) is 60.7 Å². The summed E-state index contributed by atoms with van der Waals surface area (Å²) in [6, 6.07) is 33.0. The van der Waals surface area contributed by atoms with Crippen LogP contribution in [0.3, 0.4) is 0 Å². The lowest BCUT2D eigenvalue weighted by molar-refractivity contribution is 0.827. The average Bonchev–Trinajstić information content (AvgIpc) is 3.50. The molecule has 0 radical (unpaired) electrons. The van der Waals surface area contributed by atoms with E-state index in [1.165, 1.54) is 43.6 Å². The Morgan fingerprint density at radius 1 is 0.667 bits per heavy atom. The van der Waals surface area contributed by atoms with Crippen molar-refractivity contribution in [2.45, 2.75) is 33.0 Å². The Kier molecular flexibility index (Phi) is 7.17. The van der Waals surface area contributed by atoms with E-state index < -0.39 is 6.04 Å². The van der Waals surface area contributed by atoms with Gasteiger partial charge in [-0.2, -0.15) is 10.5 Å². The van der Waals surface area contributed by atoms with E-state index in [1.807, 2.05) is 30.4 Å². The summed E-state index contributed by atoms with van der Waals surface area (Å²) >= 11 is 0. The zero-order valence-electron chi connectivity index (χ0n) is 25.1. The number of hydrogen-bond donors (Lipinski definition) is 0. The van der Waals surface area contributed by atoms with Gasteiger partial charge in [0.1, 0.15) is 6.07 Å². The molecule has 0 fully saturated rings. The van der Waals surface area contributed by atoms with E-state index in [0.29, 0.717) is 11.4 Å². The molecule has 6 nitrogen and oxygen atoms in total. The maximum Gasteiger partial charge on any atom is 0.189 e. The minimum Gasteiger partial charge on any atom is -0.341 e. The van der Waals surface area contributed by atoms with Crippen LogP contribution in [-0.2, 0) is 13.1 Å². The van der Waals surface area contributed by atoms with Gasteiger partial charge in [-0.3, -0.25) is 4.99 Å². The quantitative estimate of drug-likeness (QED) is 0.197. The lowest BCUT2D eigenvalue weighted by Crippen LogP contribution is -2.15. The van der Waals surface area contributed by atoms with E-state index in [0.717, 1.165) is 24.2 Å². The van der Waals surface area contributed by atoms with Crippen molar-refractivity contribution >= 4 is 67.2 Å². The maximum atomic E-state index is 9.81. The molecule has 0 aliphatic carbocycles. The summed E-state index contributed by atoms with van der Waals surface area (Å²) < 4.78 is 4.65. The molecule has 0 saturated carbocycles. The number of aryl methyl sites for hydroxylation is 2. The van der Waals surface area contributed by atoms with Crippen LogP contribution in [0.4, 0.5) is 0 Å². The maximum absolute atomic E-state index is 9.81. The second-order valence-corrected chi connectivity index (χ2v) is 11.0. The second kappa shape index (κ2) is 11.6. The summed E-state index contributed by atoms with van der Waals surface area (Å²) in [6.45, 7) is 6.11. The van der Waals surface area contributed by atoms with Gasteiger partial charge in [-0.05, 0) is 79.6 Å². The highest BCUT2D eigenvalue weighted by molar-refractivity contribution is 6.14. The van der Waals surface area contributed by atoms with Crippen LogP contribution in [0.2, 0.25) is 0 Å². The molecule has 0 saturated heterocycles. The minimum absolute atomic E-state index is 0.0760. The van der Waals surface area contributed by atoms with Gasteiger partial charge in [0.15, 0.2) is 11.8 Å². The number of para-hydroxylation sites is 2. The fourth-order valence-electron chi connectivity index (χ4n) is 6.38. The zero-order chi connectivity index (χ0) is 30.9. The normalized spacial score (nSPS) is 15.5. The average molecular weight is 583 g/mol. The third kappa shape index (κ3) is 4.93. The van der Waals surface area contributed by atoms with Gasteiger partial charge < -0.3 is 9.13 Å². The number of rotatable bonds is 6. The second-order valence-electron chi connectivity index (χ2n) is 11.0. The van der Waals surface area contributed by atoms with Crippen LogP contribution in [0, 0.1) is 22.7 Å². The summed E-state index contributed by atoms with van der Waals surface area (Å²) in [7, 11) is 0. The van der Waals surface area contributed by atoms with E-state index >= 15 is 0 Å². The van der Waals surface area contributed by atoms with Crippen LogP contribution < -0.4 is 0 Å². The molecule has 1 aliphatic heterocycles. The Morgan fingerprint density at radius 2 is 1.20 bits per heavy atom. The third-order valence-corrected chi connectivity index (χ3v) is 8.44. The number of aromatic nitrogens is 2. The highest BCUT2D eigenvalue weighted by atomic mass is 15.0. The van der Waals surface area contributed by atoms with E-state index in [4.69, 9.17) is 0 Å². The molecule has 45 heavy (non-hydrogen) atoms. The molecule has 0 bridgehead atoms. The Bertz CT molecular complexity index is 2380. The van der Waals surface area contributed by atoms with Crippen LogP contribution in [-0.4, -0.2) is 26.6 Å². The molecule has 6 aromatic rings. The van der Waals surface area contributed by atoms with Gasteiger partial charge in [0.05, 0.1) is 17.5 Å². The number of allylic oxidation sites excluding steroid dienone is 3. The van der Waals surface area contributed by atoms with Crippen molar-refractivity contribution in [1.29, 1.82) is 10.5 Å². The van der Waals surface area contributed by atoms with E-state index in [2.05, 4.69) is 130 Å².